The van der Waals surface area contributed by atoms with Gasteiger partial charge in [0, 0.05) is 17.8 Å². The summed E-state index contributed by atoms with van der Waals surface area (Å²) in [5.74, 6) is -0.873. The van der Waals surface area contributed by atoms with E-state index in [1.165, 1.54) is 0 Å². The molecule has 0 unspecified atom stereocenters. The topological polar surface area (TPSA) is 68.0 Å². The number of aromatic nitrogens is 3. The second-order valence-corrected chi connectivity index (χ2v) is 4.55. The number of carboxylic acids is 1. The van der Waals surface area contributed by atoms with Crippen molar-refractivity contribution in [2.24, 2.45) is 0 Å². The van der Waals surface area contributed by atoms with Gasteiger partial charge in [-0.05, 0) is 17.7 Å². The fourth-order valence-corrected chi connectivity index (χ4v) is 2.26. The van der Waals surface area contributed by atoms with E-state index in [9.17, 15) is 4.79 Å². The number of hydrogen-bond donors (Lipinski definition) is 1. The molecule has 5 nitrogen and oxygen atoms in total. The van der Waals surface area contributed by atoms with Gasteiger partial charge in [0.05, 0.1) is 24.2 Å². The molecule has 0 aliphatic rings. The van der Waals surface area contributed by atoms with E-state index >= 15 is 0 Å². The first-order valence-electron chi connectivity index (χ1n) is 6.29. The summed E-state index contributed by atoms with van der Waals surface area (Å²) in [5.41, 5.74) is 2.56. The highest BCUT2D eigenvalue weighted by molar-refractivity contribution is 5.85. The number of rotatable bonds is 4. The van der Waals surface area contributed by atoms with Crippen molar-refractivity contribution in [3.8, 4) is 0 Å². The standard InChI is InChI=1S/C15H13N3O2/c19-15(20)8-13-12-5-1-2-6-14(12)18(17-13)10-11-4-3-7-16-9-11/h1-7,9H,8,10H2,(H,19,20). The first kappa shape index (κ1) is 12.3. The summed E-state index contributed by atoms with van der Waals surface area (Å²) < 4.78 is 1.82. The number of para-hydroxylation sites is 1. The van der Waals surface area contributed by atoms with Crippen molar-refractivity contribution in [3.63, 3.8) is 0 Å². The highest BCUT2D eigenvalue weighted by Gasteiger charge is 2.12. The molecule has 0 spiro atoms. The molecule has 0 aliphatic carbocycles. The predicted molar refractivity (Wildman–Crippen MR) is 74.4 cm³/mol. The zero-order chi connectivity index (χ0) is 13.9. The van der Waals surface area contributed by atoms with Crippen LogP contribution in [0.15, 0.2) is 48.8 Å². The second-order valence-electron chi connectivity index (χ2n) is 4.55. The molecule has 0 bridgehead atoms. The van der Waals surface area contributed by atoms with Crippen LogP contribution in [-0.4, -0.2) is 25.8 Å². The van der Waals surface area contributed by atoms with Gasteiger partial charge in [-0.15, -0.1) is 0 Å². The molecule has 0 fully saturated rings. The first-order chi connectivity index (χ1) is 9.74. The lowest BCUT2D eigenvalue weighted by molar-refractivity contribution is -0.136. The molecule has 0 radical (unpaired) electrons. The summed E-state index contributed by atoms with van der Waals surface area (Å²) in [6, 6.07) is 11.5. The third kappa shape index (κ3) is 2.38. The van der Waals surface area contributed by atoms with E-state index in [2.05, 4.69) is 10.1 Å². The van der Waals surface area contributed by atoms with Gasteiger partial charge in [0.25, 0.3) is 0 Å². The fourth-order valence-electron chi connectivity index (χ4n) is 2.26. The smallest absolute Gasteiger partial charge is 0.309 e. The number of pyridine rings is 1. The number of carbonyl (C=O) groups is 1. The van der Waals surface area contributed by atoms with E-state index < -0.39 is 5.97 Å². The van der Waals surface area contributed by atoms with Crippen LogP contribution < -0.4 is 0 Å². The fraction of sp³-hybridized carbons (Fsp3) is 0.133. The van der Waals surface area contributed by atoms with Gasteiger partial charge in [-0.3, -0.25) is 14.5 Å². The third-order valence-electron chi connectivity index (χ3n) is 3.11. The lowest BCUT2D eigenvalue weighted by Gasteiger charge is -2.02. The largest absolute Gasteiger partial charge is 0.481 e. The van der Waals surface area contributed by atoms with Crippen LogP contribution in [0.2, 0.25) is 0 Å². The Morgan fingerprint density at radius 1 is 1.20 bits per heavy atom. The molecule has 2 aromatic heterocycles. The number of aliphatic carboxylic acids is 1. The Hall–Kier alpha value is -2.69. The van der Waals surface area contributed by atoms with Crippen molar-refractivity contribution in [3.05, 3.63) is 60.0 Å². The first-order valence-corrected chi connectivity index (χ1v) is 6.29. The molecule has 20 heavy (non-hydrogen) atoms. The van der Waals surface area contributed by atoms with Gasteiger partial charge in [0.15, 0.2) is 0 Å². The van der Waals surface area contributed by atoms with E-state index in [1.807, 2.05) is 41.1 Å². The summed E-state index contributed by atoms with van der Waals surface area (Å²) in [5, 5.41) is 14.3. The van der Waals surface area contributed by atoms with Crippen molar-refractivity contribution in [1.82, 2.24) is 14.8 Å². The maximum Gasteiger partial charge on any atom is 0.309 e. The number of carboxylic acid groups (broad SMARTS) is 1. The second kappa shape index (κ2) is 5.13. The minimum Gasteiger partial charge on any atom is -0.481 e. The molecule has 0 aliphatic heterocycles. The Kier molecular flexibility index (Phi) is 3.16. The molecule has 1 aromatic carbocycles. The molecular formula is C15H13N3O2. The van der Waals surface area contributed by atoms with E-state index in [-0.39, 0.29) is 6.42 Å². The van der Waals surface area contributed by atoms with Crippen molar-refractivity contribution in [2.45, 2.75) is 13.0 Å². The molecule has 100 valence electrons. The van der Waals surface area contributed by atoms with Crippen LogP contribution in [-0.2, 0) is 17.8 Å². The van der Waals surface area contributed by atoms with E-state index in [1.54, 1.807) is 12.4 Å². The van der Waals surface area contributed by atoms with Crippen LogP contribution in [0.25, 0.3) is 10.9 Å². The maximum absolute atomic E-state index is 10.9. The SMILES string of the molecule is O=C(O)Cc1nn(Cc2cccnc2)c2ccccc12. The van der Waals surface area contributed by atoms with Crippen LogP contribution in [0.3, 0.4) is 0 Å². The van der Waals surface area contributed by atoms with Gasteiger partial charge in [0.1, 0.15) is 0 Å². The van der Waals surface area contributed by atoms with Crippen LogP contribution in [0.1, 0.15) is 11.3 Å². The number of fused-ring (bicyclic) bond motifs is 1. The molecule has 1 N–H and O–H groups in total. The average Bonchev–Trinajstić information content (AvgIpc) is 2.78. The molecule has 0 amide bonds. The van der Waals surface area contributed by atoms with Gasteiger partial charge in [-0.25, -0.2) is 0 Å². The third-order valence-corrected chi connectivity index (χ3v) is 3.11. The Labute approximate surface area is 115 Å². The molecule has 5 heteroatoms. The highest BCUT2D eigenvalue weighted by atomic mass is 16.4. The van der Waals surface area contributed by atoms with E-state index in [4.69, 9.17) is 5.11 Å². The minimum absolute atomic E-state index is 0.0689. The van der Waals surface area contributed by atoms with Gasteiger partial charge in [-0.1, -0.05) is 24.3 Å². The van der Waals surface area contributed by atoms with E-state index in [0.717, 1.165) is 16.5 Å². The van der Waals surface area contributed by atoms with E-state index in [0.29, 0.717) is 12.2 Å². The summed E-state index contributed by atoms with van der Waals surface area (Å²) >= 11 is 0. The molecule has 3 rings (SSSR count). The molecule has 0 atom stereocenters. The average molecular weight is 267 g/mol. The number of nitrogens with zero attached hydrogens (tertiary/aromatic N) is 3. The summed E-state index contributed by atoms with van der Waals surface area (Å²) in [6.45, 7) is 0.577. The monoisotopic (exact) mass is 267 g/mol. The zero-order valence-electron chi connectivity index (χ0n) is 10.7. The van der Waals surface area contributed by atoms with Crippen LogP contribution in [0.4, 0.5) is 0 Å². The van der Waals surface area contributed by atoms with Gasteiger partial charge >= 0.3 is 5.97 Å². The molecule has 0 saturated heterocycles. The summed E-state index contributed by atoms with van der Waals surface area (Å²) in [4.78, 5) is 15.0. The quantitative estimate of drug-likeness (QED) is 0.786. The zero-order valence-corrected chi connectivity index (χ0v) is 10.7. The van der Waals surface area contributed by atoms with Crippen LogP contribution >= 0.6 is 0 Å². The summed E-state index contributed by atoms with van der Waals surface area (Å²) in [6.07, 6.45) is 3.44. The minimum atomic E-state index is -0.873. The Bertz CT molecular complexity index is 750. The predicted octanol–water partition coefficient (Wildman–Crippen LogP) is 2.11. The van der Waals surface area contributed by atoms with Crippen LogP contribution in [0.5, 0.6) is 0 Å². The Balaban J connectivity index is 2.04. The lowest BCUT2D eigenvalue weighted by atomic mass is 10.1. The summed E-state index contributed by atoms with van der Waals surface area (Å²) in [7, 11) is 0. The number of benzene rings is 1. The molecule has 3 aromatic rings. The van der Waals surface area contributed by atoms with Gasteiger partial charge in [0.2, 0.25) is 0 Å². The normalized spacial score (nSPS) is 10.8. The van der Waals surface area contributed by atoms with Crippen molar-refractivity contribution >= 4 is 16.9 Å². The number of hydrogen-bond acceptors (Lipinski definition) is 3. The maximum atomic E-state index is 10.9. The Morgan fingerprint density at radius 3 is 2.80 bits per heavy atom. The lowest BCUT2D eigenvalue weighted by Crippen LogP contribution is -2.05. The molecule has 0 saturated carbocycles. The van der Waals surface area contributed by atoms with Crippen molar-refractivity contribution in [1.29, 1.82) is 0 Å². The van der Waals surface area contributed by atoms with Gasteiger partial charge in [-0.2, -0.15) is 5.10 Å². The van der Waals surface area contributed by atoms with Crippen molar-refractivity contribution < 1.29 is 9.90 Å². The van der Waals surface area contributed by atoms with Gasteiger partial charge < -0.3 is 5.11 Å². The van der Waals surface area contributed by atoms with Crippen molar-refractivity contribution in [2.75, 3.05) is 0 Å². The Morgan fingerprint density at radius 2 is 2.05 bits per heavy atom. The molecular weight excluding hydrogens is 254 g/mol. The highest BCUT2D eigenvalue weighted by Crippen LogP contribution is 2.19. The molecule has 2 heterocycles. The van der Waals surface area contributed by atoms with Crippen LogP contribution in [0, 0.1) is 0 Å².